The van der Waals surface area contributed by atoms with Gasteiger partial charge in [0.2, 0.25) is 5.95 Å². The summed E-state index contributed by atoms with van der Waals surface area (Å²) in [6.07, 6.45) is -3.31. The van der Waals surface area contributed by atoms with Crippen LogP contribution >= 0.6 is 0 Å². The maximum absolute atomic E-state index is 14.4. The largest absolute Gasteiger partial charge is 0.447 e. The molecule has 0 spiro atoms. The Labute approximate surface area is 196 Å². The summed E-state index contributed by atoms with van der Waals surface area (Å²) in [4.78, 5) is 29.0. The van der Waals surface area contributed by atoms with Crippen molar-refractivity contribution in [2.45, 2.75) is 38.3 Å². The molecule has 1 amide bonds. The van der Waals surface area contributed by atoms with Gasteiger partial charge in [-0.25, -0.2) is 33.4 Å². The highest BCUT2D eigenvalue weighted by Crippen LogP contribution is 2.32. The number of nitrogens with one attached hydrogen (secondary N) is 1. The number of amides is 1. The molecule has 1 fully saturated rings. The number of rotatable bonds is 6. The van der Waals surface area contributed by atoms with E-state index in [0.29, 0.717) is 11.1 Å². The van der Waals surface area contributed by atoms with E-state index in [9.17, 15) is 26.7 Å². The molecular weight excluding hydrogens is 475 g/mol. The number of aromatic nitrogens is 4. The van der Waals surface area contributed by atoms with E-state index in [-0.39, 0.29) is 18.4 Å². The quantitative estimate of drug-likeness (QED) is 0.485. The standard InChI is InChI=1S/C22H19F5N6O2/c1-11(23)17-10-35-21(34)33(17)19-16(24)9-30-20(32-19)31-12(2)18-28-7-14(8-29-18)13-4-3-5-15(6-13)22(25,26)27/h3-9,11-12,17H,10H2,1-2H3,(H,30,31,32)/t11-,12-,17+/m0/s1. The molecule has 3 heterocycles. The topological polar surface area (TPSA) is 93.1 Å². The molecule has 4 rings (SSSR count). The van der Waals surface area contributed by atoms with Gasteiger partial charge in [0.25, 0.3) is 0 Å². The molecule has 8 nitrogen and oxygen atoms in total. The maximum Gasteiger partial charge on any atom is 0.416 e. The molecule has 35 heavy (non-hydrogen) atoms. The van der Waals surface area contributed by atoms with Gasteiger partial charge in [-0.1, -0.05) is 12.1 Å². The molecule has 0 radical (unpaired) electrons. The molecule has 3 aromatic rings. The van der Waals surface area contributed by atoms with Crippen LogP contribution in [0.3, 0.4) is 0 Å². The van der Waals surface area contributed by atoms with Gasteiger partial charge >= 0.3 is 12.3 Å². The molecule has 0 saturated carbocycles. The summed E-state index contributed by atoms with van der Waals surface area (Å²) >= 11 is 0. The van der Waals surface area contributed by atoms with Crippen molar-refractivity contribution in [3.05, 3.63) is 60.1 Å². The second-order valence-electron chi connectivity index (χ2n) is 7.83. The lowest BCUT2D eigenvalue weighted by atomic mass is 10.1. The molecule has 13 heteroatoms. The SMILES string of the molecule is C[C@H](Nc1ncc(F)c(N2C(=O)OC[C@@H]2[C@H](C)F)n1)c1ncc(-c2cccc(C(F)(F)F)c2)cn1. The van der Waals surface area contributed by atoms with Crippen LogP contribution in [-0.2, 0) is 10.9 Å². The number of alkyl halides is 4. The number of halogens is 5. The smallest absolute Gasteiger partial charge is 0.416 e. The molecule has 0 bridgehead atoms. The van der Waals surface area contributed by atoms with Gasteiger partial charge in [-0.3, -0.25) is 0 Å². The fraction of sp³-hybridized carbons (Fsp3) is 0.318. The lowest BCUT2D eigenvalue weighted by Crippen LogP contribution is -2.40. The number of carbonyl (C=O) groups excluding carboxylic acids is 1. The molecular formula is C22H19F5N6O2. The van der Waals surface area contributed by atoms with Gasteiger partial charge in [0.15, 0.2) is 11.6 Å². The van der Waals surface area contributed by atoms with Crippen LogP contribution < -0.4 is 10.2 Å². The van der Waals surface area contributed by atoms with Crippen LogP contribution in [0.5, 0.6) is 0 Å². The Bertz CT molecular complexity index is 1220. The first-order chi connectivity index (χ1) is 16.5. The van der Waals surface area contributed by atoms with Crippen molar-refractivity contribution in [2.24, 2.45) is 0 Å². The molecule has 1 saturated heterocycles. The minimum Gasteiger partial charge on any atom is -0.447 e. The lowest BCUT2D eigenvalue weighted by Gasteiger charge is -2.22. The summed E-state index contributed by atoms with van der Waals surface area (Å²) in [6.45, 7) is 2.63. The number of nitrogens with zero attached hydrogens (tertiary/aromatic N) is 5. The molecule has 1 aliphatic rings. The highest BCUT2D eigenvalue weighted by molar-refractivity contribution is 5.89. The summed E-state index contributed by atoms with van der Waals surface area (Å²) < 4.78 is 72.0. The summed E-state index contributed by atoms with van der Waals surface area (Å²) in [5.41, 5.74) is -0.108. The normalized spacial score (nSPS) is 17.7. The van der Waals surface area contributed by atoms with E-state index in [1.54, 1.807) is 6.92 Å². The lowest BCUT2D eigenvalue weighted by molar-refractivity contribution is -0.137. The number of benzene rings is 1. The zero-order valence-corrected chi connectivity index (χ0v) is 18.4. The van der Waals surface area contributed by atoms with Crippen molar-refractivity contribution in [1.29, 1.82) is 0 Å². The molecule has 3 atom stereocenters. The minimum atomic E-state index is -4.47. The molecule has 1 aliphatic heterocycles. The van der Waals surface area contributed by atoms with Gasteiger partial charge in [-0.2, -0.15) is 18.2 Å². The second kappa shape index (κ2) is 9.39. The Hall–Kier alpha value is -3.90. The van der Waals surface area contributed by atoms with Crippen molar-refractivity contribution >= 4 is 17.9 Å². The predicted octanol–water partition coefficient (Wildman–Crippen LogP) is 4.95. The van der Waals surface area contributed by atoms with E-state index >= 15 is 0 Å². The second-order valence-corrected chi connectivity index (χ2v) is 7.83. The molecule has 0 unspecified atom stereocenters. The number of cyclic esters (lactones) is 1. The van der Waals surface area contributed by atoms with Crippen molar-refractivity contribution in [1.82, 2.24) is 19.9 Å². The minimum absolute atomic E-state index is 0.0792. The first-order valence-corrected chi connectivity index (χ1v) is 10.4. The Morgan fingerprint density at radius 1 is 1.11 bits per heavy atom. The van der Waals surface area contributed by atoms with Gasteiger partial charge in [-0.15, -0.1) is 0 Å². The molecule has 184 valence electrons. The Balaban J connectivity index is 1.52. The summed E-state index contributed by atoms with van der Waals surface area (Å²) in [7, 11) is 0. The van der Waals surface area contributed by atoms with Crippen LogP contribution in [0.1, 0.15) is 31.3 Å². The number of ether oxygens (including phenoxy) is 1. The van der Waals surface area contributed by atoms with E-state index in [1.165, 1.54) is 31.5 Å². The Kier molecular flexibility index (Phi) is 6.50. The monoisotopic (exact) mass is 494 g/mol. The predicted molar refractivity (Wildman–Crippen MR) is 115 cm³/mol. The van der Waals surface area contributed by atoms with E-state index in [4.69, 9.17) is 4.74 Å². The summed E-state index contributed by atoms with van der Waals surface area (Å²) in [6, 6.07) is 3.14. The van der Waals surface area contributed by atoms with Crippen LogP contribution in [0, 0.1) is 5.82 Å². The van der Waals surface area contributed by atoms with Gasteiger partial charge < -0.3 is 10.1 Å². The van der Waals surface area contributed by atoms with Crippen LogP contribution in [0.4, 0.5) is 38.5 Å². The highest BCUT2D eigenvalue weighted by atomic mass is 19.4. The number of hydrogen-bond acceptors (Lipinski definition) is 7. The Morgan fingerprint density at radius 2 is 1.83 bits per heavy atom. The van der Waals surface area contributed by atoms with E-state index in [1.807, 2.05) is 0 Å². The van der Waals surface area contributed by atoms with Crippen molar-refractivity contribution in [3.63, 3.8) is 0 Å². The summed E-state index contributed by atoms with van der Waals surface area (Å²) in [5, 5.41) is 2.86. The van der Waals surface area contributed by atoms with Crippen LogP contribution in [0.25, 0.3) is 11.1 Å². The number of carbonyl (C=O) groups is 1. The number of anilines is 2. The zero-order valence-electron chi connectivity index (χ0n) is 18.4. The van der Waals surface area contributed by atoms with Crippen LogP contribution in [0.2, 0.25) is 0 Å². The van der Waals surface area contributed by atoms with Crippen LogP contribution in [-0.4, -0.2) is 44.8 Å². The van der Waals surface area contributed by atoms with E-state index in [2.05, 4.69) is 25.3 Å². The molecule has 1 aromatic carbocycles. The fourth-order valence-electron chi connectivity index (χ4n) is 3.46. The van der Waals surface area contributed by atoms with Gasteiger partial charge in [-0.05, 0) is 31.5 Å². The first kappa shape index (κ1) is 24.2. The molecule has 2 aromatic heterocycles. The van der Waals surface area contributed by atoms with Crippen molar-refractivity contribution in [2.75, 3.05) is 16.8 Å². The molecule has 1 N–H and O–H groups in total. The highest BCUT2D eigenvalue weighted by Gasteiger charge is 2.40. The maximum atomic E-state index is 14.4. The van der Waals surface area contributed by atoms with Gasteiger partial charge in [0.05, 0.1) is 17.8 Å². The van der Waals surface area contributed by atoms with Gasteiger partial charge in [0, 0.05) is 18.0 Å². The molecule has 0 aliphatic carbocycles. The fourth-order valence-corrected chi connectivity index (χ4v) is 3.46. The average molecular weight is 494 g/mol. The van der Waals surface area contributed by atoms with Crippen LogP contribution in [0.15, 0.2) is 42.9 Å². The third kappa shape index (κ3) is 5.12. The first-order valence-electron chi connectivity index (χ1n) is 10.4. The third-order valence-corrected chi connectivity index (χ3v) is 5.32. The Morgan fingerprint density at radius 3 is 2.49 bits per heavy atom. The third-order valence-electron chi connectivity index (χ3n) is 5.32. The van der Waals surface area contributed by atoms with Crippen molar-refractivity contribution < 1.29 is 31.5 Å². The number of hydrogen-bond donors (Lipinski definition) is 1. The zero-order chi connectivity index (χ0) is 25.3. The van der Waals surface area contributed by atoms with Crippen molar-refractivity contribution in [3.8, 4) is 11.1 Å². The van der Waals surface area contributed by atoms with E-state index in [0.717, 1.165) is 23.2 Å². The summed E-state index contributed by atoms with van der Waals surface area (Å²) in [5.74, 6) is -1.20. The van der Waals surface area contributed by atoms with E-state index < -0.39 is 47.7 Å². The average Bonchev–Trinajstić information content (AvgIpc) is 3.21. The van der Waals surface area contributed by atoms with Gasteiger partial charge in [0.1, 0.15) is 24.6 Å².